The molecule has 0 rings (SSSR count). The molecule has 4 heteroatoms. The fourth-order valence-electron chi connectivity index (χ4n) is 0.115. The maximum atomic E-state index is 7.75. The second kappa shape index (κ2) is 3.84. The largest absolute Gasteiger partial charge is 0.0638 e. The lowest BCUT2D eigenvalue weighted by molar-refractivity contribution is 1.11. The molecule has 0 aromatic rings. The summed E-state index contributed by atoms with van der Waals surface area (Å²) in [4.78, 5) is 2.56. The Bertz CT molecular complexity index is 84.2. The summed E-state index contributed by atoms with van der Waals surface area (Å²) in [5, 5.41) is 0.399. The topological polar surface area (TPSA) is 48.8 Å². The van der Waals surface area contributed by atoms with Crippen molar-refractivity contribution in [2.45, 2.75) is 19.1 Å². The highest BCUT2D eigenvalue weighted by molar-refractivity contribution is 7.98. The van der Waals surface area contributed by atoms with Gasteiger partial charge in [0.15, 0.2) is 0 Å². The fraction of sp³-hybridized carbons (Fsp3) is 1.00. The first-order chi connectivity index (χ1) is 3.27. The predicted octanol–water partition coefficient (Wildman–Crippen LogP) is 2.35. The standard InChI is InChI=1S/C3H7N3S/c1-3(2)7-6-5-4/h3H,1-2H3. The first kappa shape index (κ1) is 6.66. The van der Waals surface area contributed by atoms with E-state index in [0.717, 1.165) is 0 Å². The second-order valence-corrected chi connectivity index (χ2v) is 2.64. The molecule has 3 nitrogen and oxygen atoms in total. The van der Waals surface area contributed by atoms with Crippen molar-refractivity contribution in [2.75, 3.05) is 0 Å². The van der Waals surface area contributed by atoms with E-state index in [1.807, 2.05) is 13.8 Å². The van der Waals surface area contributed by atoms with E-state index in [4.69, 9.17) is 5.53 Å². The summed E-state index contributed by atoms with van der Waals surface area (Å²) in [6.07, 6.45) is 0. The van der Waals surface area contributed by atoms with Gasteiger partial charge in [-0.2, -0.15) is 0 Å². The van der Waals surface area contributed by atoms with Crippen LogP contribution < -0.4 is 0 Å². The Hall–Kier alpha value is -0.340. The summed E-state index contributed by atoms with van der Waals surface area (Å²) in [7, 11) is 0. The highest BCUT2D eigenvalue weighted by Gasteiger charge is 1.85. The van der Waals surface area contributed by atoms with Gasteiger partial charge in [-0.15, -0.1) is 0 Å². The molecule has 0 saturated heterocycles. The minimum atomic E-state index is 0.399. The summed E-state index contributed by atoms with van der Waals surface area (Å²) in [6, 6.07) is 0. The quantitative estimate of drug-likeness (QED) is 0.237. The van der Waals surface area contributed by atoms with E-state index in [1.165, 1.54) is 11.9 Å². The third kappa shape index (κ3) is 5.66. The van der Waals surface area contributed by atoms with Gasteiger partial charge in [-0.05, 0) is 10.1 Å². The Labute approximate surface area is 46.9 Å². The van der Waals surface area contributed by atoms with Crippen LogP contribution in [-0.4, -0.2) is 5.25 Å². The molecule has 0 aromatic heterocycles. The predicted molar refractivity (Wildman–Crippen MR) is 31.9 cm³/mol. The molecule has 40 valence electrons. The Morgan fingerprint density at radius 1 is 1.71 bits per heavy atom. The summed E-state index contributed by atoms with van der Waals surface area (Å²) in [5.41, 5.74) is 7.75. The van der Waals surface area contributed by atoms with E-state index in [1.54, 1.807) is 0 Å². The van der Waals surface area contributed by atoms with E-state index in [0.29, 0.717) is 5.25 Å². The molecule has 0 radical (unpaired) electrons. The first-order valence-corrected chi connectivity index (χ1v) is 2.81. The van der Waals surface area contributed by atoms with Gasteiger partial charge >= 0.3 is 0 Å². The number of hydrogen-bond acceptors (Lipinski definition) is 2. The van der Waals surface area contributed by atoms with E-state index < -0.39 is 0 Å². The zero-order chi connectivity index (χ0) is 5.70. The minimum Gasteiger partial charge on any atom is -0.0638 e. The van der Waals surface area contributed by atoms with Crippen LogP contribution in [0, 0.1) is 0 Å². The van der Waals surface area contributed by atoms with Crippen molar-refractivity contribution in [3.05, 3.63) is 10.4 Å². The van der Waals surface area contributed by atoms with Crippen molar-refractivity contribution >= 4 is 11.9 Å². The van der Waals surface area contributed by atoms with E-state index in [-0.39, 0.29) is 0 Å². The molecule has 0 amide bonds. The van der Waals surface area contributed by atoms with E-state index >= 15 is 0 Å². The molecule has 0 aliphatic heterocycles. The molecule has 0 bridgehead atoms. The lowest BCUT2D eigenvalue weighted by Gasteiger charge is -1.90. The lowest BCUT2D eigenvalue weighted by atomic mass is 10.6. The van der Waals surface area contributed by atoms with Gasteiger partial charge in [0.05, 0.1) is 0 Å². The summed E-state index contributed by atoms with van der Waals surface area (Å²) in [6.45, 7) is 3.94. The average molecular weight is 117 g/mol. The van der Waals surface area contributed by atoms with Crippen LogP contribution in [0.4, 0.5) is 0 Å². The van der Waals surface area contributed by atoms with Crippen LogP contribution in [0.25, 0.3) is 10.4 Å². The van der Waals surface area contributed by atoms with Crippen LogP contribution in [0.2, 0.25) is 0 Å². The number of hydrogen-bond donors (Lipinski definition) is 0. The van der Waals surface area contributed by atoms with Crippen LogP contribution in [0.3, 0.4) is 0 Å². The Kier molecular flexibility index (Phi) is 3.65. The highest BCUT2D eigenvalue weighted by Crippen LogP contribution is 2.08. The number of azide groups is 1. The monoisotopic (exact) mass is 117 g/mol. The normalized spacial score (nSPS) is 8.43. The lowest BCUT2D eigenvalue weighted by Crippen LogP contribution is -1.78. The van der Waals surface area contributed by atoms with Gasteiger partial charge in [-0.3, -0.25) is 0 Å². The van der Waals surface area contributed by atoms with Crippen LogP contribution in [-0.2, 0) is 0 Å². The van der Waals surface area contributed by atoms with Crippen molar-refractivity contribution in [2.24, 2.45) is 4.52 Å². The van der Waals surface area contributed by atoms with Crippen molar-refractivity contribution in [1.29, 1.82) is 0 Å². The first-order valence-electron chi connectivity index (χ1n) is 1.97. The molecule has 0 heterocycles. The van der Waals surface area contributed by atoms with Crippen LogP contribution in [0.15, 0.2) is 4.52 Å². The van der Waals surface area contributed by atoms with Gasteiger partial charge in [-0.25, -0.2) is 0 Å². The summed E-state index contributed by atoms with van der Waals surface area (Å²) < 4.78 is 3.27. The Balaban J connectivity index is 3.13. The molecular weight excluding hydrogens is 110 g/mol. The van der Waals surface area contributed by atoms with Crippen LogP contribution in [0.1, 0.15) is 13.8 Å². The molecule has 0 unspecified atom stereocenters. The molecule has 0 N–H and O–H groups in total. The van der Waals surface area contributed by atoms with Crippen molar-refractivity contribution < 1.29 is 0 Å². The van der Waals surface area contributed by atoms with E-state index in [9.17, 15) is 0 Å². The van der Waals surface area contributed by atoms with Gasteiger partial charge < -0.3 is 0 Å². The molecule has 0 fully saturated rings. The molecule has 7 heavy (non-hydrogen) atoms. The molecule has 0 saturated carbocycles. The Morgan fingerprint density at radius 3 is 2.43 bits per heavy atom. The number of rotatable bonds is 2. The van der Waals surface area contributed by atoms with Gasteiger partial charge in [0.2, 0.25) is 0 Å². The van der Waals surface area contributed by atoms with Crippen LogP contribution >= 0.6 is 11.9 Å². The minimum absolute atomic E-state index is 0.399. The summed E-state index contributed by atoms with van der Waals surface area (Å²) in [5.74, 6) is 0. The van der Waals surface area contributed by atoms with Gasteiger partial charge in [0.1, 0.15) is 0 Å². The van der Waals surface area contributed by atoms with Crippen molar-refractivity contribution in [1.82, 2.24) is 0 Å². The molecule has 0 aliphatic rings. The van der Waals surface area contributed by atoms with Crippen molar-refractivity contribution in [3.8, 4) is 0 Å². The number of nitrogens with zero attached hydrogens (tertiary/aromatic N) is 3. The average Bonchev–Trinajstić information content (AvgIpc) is 1.61. The fourth-order valence-corrected chi connectivity index (χ4v) is 0.346. The molecule has 0 spiro atoms. The molecular formula is C3H7N3S. The third-order valence-corrected chi connectivity index (χ3v) is 0.883. The highest BCUT2D eigenvalue weighted by atomic mass is 32.2. The van der Waals surface area contributed by atoms with Gasteiger partial charge in [0, 0.05) is 10.2 Å². The zero-order valence-corrected chi connectivity index (χ0v) is 5.14. The SMILES string of the molecule is CC(C)SN=[N+]=[N-]. The molecule has 0 aliphatic carbocycles. The van der Waals surface area contributed by atoms with Gasteiger partial charge in [0.25, 0.3) is 0 Å². The third-order valence-electron chi connectivity index (χ3n) is 0.294. The zero-order valence-electron chi connectivity index (χ0n) is 4.33. The molecule has 0 aromatic carbocycles. The summed E-state index contributed by atoms with van der Waals surface area (Å²) >= 11 is 1.24. The Morgan fingerprint density at radius 2 is 2.29 bits per heavy atom. The van der Waals surface area contributed by atoms with E-state index in [2.05, 4.69) is 9.43 Å². The second-order valence-electron chi connectivity index (χ2n) is 1.33. The van der Waals surface area contributed by atoms with Gasteiger partial charge in [-0.1, -0.05) is 25.8 Å². The van der Waals surface area contributed by atoms with Crippen molar-refractivity contribution in [3.63, 3.8) is 0 Å². The maximum Gasteiger partial charge on any atom is 0.0108 e. The molecule has 0 atom stereocenters. The smallest absolute Gasteiger partial charge is 0.0108 e. The van der Waals surface area contributed by atoms with Crippen LogP contribution in [0.5, 0.6) is 0 Å². The maximum absolute atomic E-state index is 7.75.